The van der Waals surface area contributed by atoms with Gasteiger partial charge in [0.2, 0.25) is 0 Å². The van der Waals surface area contributed by atoms with Gasteiger partial charge in [0.1, 0.15) is 12.4 Å². The Labute approximate surface area is 97.2 Å². The van der Waals surface area contributed by atoms with Gasteiger partial charge in [-0.15, -0.1) is 0 Å². The van der Waals surface area contributed by atoms with E-state index in [-0.39, 0.29) is 0 Å². The molecule has 0 aliphatic rings. The molecule has 0 aromatic heterocycles. The summed E-state index contributed by atoms with van der Waals surface area (Å²) in [6.45, 7) is -1.23. The third-order valence-electron chi connectivity index (χ3n) is 1.95. The molecule has 1 nitrogen and oxygen atoms in total. The molecular weight excluding hydrogens is 269 g/mol. The second kappa shape index (κ2) is 5.03. The first kappa shape index (κ1) is 14.6. The van der Waals surface area contributed by atoms with Gasteiger partial charge in [0, 0.05) is 5.56 Å². The van der Waals surface area contributed by atoms with Crippen LogP contribution in [0.25, 0.3) is 0 Å². The van der Waals surface area contributed by atoms with Crippen molar-refractivity contribution in [2.45, 2.75) is 25.1 Å². The van der Waals surface area contributed by atoms with Crippen LogP contribution >= 0.6 is 0 Å². The summed E-state index contributed by atoms with van der Waals surface area (Å²) in [5, 5.41) is 0. The van der Waals surface area contributed by atoms with E-state index in [1.165, 1.54) is 6.07 Å². The normalized spacial score (nSPS) is 14.4. The molecule has 0 bridgehead atoms. The lowest BCUT2D eigenvalue weighted by molar-refractivity contribution is -0.305. The van der Waals surface area contributed by atoms with E-state index >= 15 is 0 Å². The number of benzene rings is 1. The Balaban J connectivity index is 2.95. The Kier molecular flexibility index (Phi) is 4.08. The second-order valence-corrected chi connectivity index (χ2v) is 3.31. The molecule has 1 rings (SSSR count). The van der Waals surface area contributed by atoms with Crippen molar-refractivity contribution in [3.63, 3.8) is 0 Å². The summed E-state index contributed by atoms with van der Waals surface area (Å²) in [6, 6.07) is 4.28. The fourth-order valence-corrected chi connectivity index (χ4v) is 1.10. The van der Waals surface area contributed by atoms with E-state index in [2.05, 4.69) is 4.74 Å². The van der Waals surface area contributed by atoms with Gasteiger partial charge in [-0.05, 0) is 6.07 Å². The van der Waals surface area contributed by atoms with Crippen LogP contribution in [-0.4, -0.2) is 18.5 Å². The fraction of sp³-hybridized carbons (Fsp3) is 0.400. The van der Waals surface area contributed by atoms with Crippen molar-refractivity contribution < 1.29 is 35.5 Å². The van der Waals surface area contributed by atoms with E-state index in [9.17, 15) is 30.7 Å². The zero-order chi connectivity index (χ0) is 14.0. The minimum Gasteiger partial charge on any atom is -0.430 e. The minimum absolute atomic E-state index is 0.397. The van der Waals surface area contributed by atoms with Crippen molar-refractivity contribution in [2.75, 3.05) is 0 Å². The Morgan fingerprint density at radius 3 is 2.11 bits per heavy atom. The first-order valence-corrected chi connectivity index (χ1v) is 4.60. The molecule has 0 saturated carbocycles. The van der Waals surface area contributed by atoms with Gasteiger partial charge in [-0.2, -0.15) is 22.0 Å². The highest BCUT2D eigenvalue weighted by atomic mass is 19.4. The monoisotopic (exact) mass is 276 g/mol. The Morgan fingerprint density at radius 1 is 1.06 bits per heavy atom. The molecule has 18 heavy (non-hydrogen) atoms. The topological polar surface area (TPSA) is 9.23 Å². The molecule has 0 fully saturated rings. The van der Waals surface area contributed by atoms with E-state index < -0.39 is 36.4 Å². The lowest BCUT2D eigenvalue weighted by Gasteiger charge is -2.23. The molecule has 1 unspecified atom stereocenters. The Hall–Kier alpha value is -1.47. The first-order valence-electron chi connectivity index (χ1n) is 4.60. The van der Waals surface area contributed by atoms with Crippen LogP contribution in [-0.2, 0) is 6.67 Å². The molecule has 0 heterocycles. The van der Waals surface area contributed by atoms with Crippen molar-refractivity contribution in [2.24, 2.45) is 0 Å². The lowest BCUT2D eigenvalue weighted by Crippen LogP contribution is -2.45. The summed E-state index contributed by atoms with van der Waals surface area (Å²) >= 11 is 0. The highest BCUT2D eigenvalue weighted by Crippen LogP contribution is 2.37. The maximum atomic E-state index is 12.9. The average molecular weight is 276 g/mol. The molecular formula is C10H7F7O. The SMILES string of the molecule is FCc1ccccc1OC(F)(F)C(F)C(F)(F)F. The molecule has 102 valence electrons. The molecule has 0 radical (unpaired) electrons. The van der Waals surface area contributed by atoms with Crippen molar-refractivity contribution in [1.82, 2.24) is 0 Å². The molecule has 0 aliphatic heterocycles. The number of rotatable bonds is 4. The number of alkyl halides is 7. The highest BCUT2D eigenvalue weighted by molar-refractivity contribution is 5.33. The standard InChI is InChI=1S/C10H7F7O/c11-5-6-3-1-2-4-7(6)18-10(16,17)8(12)9(13,14)15/h1-4,8H,5H2. The summed E-state index contributed by atoms with van der Waals surface area (Å²) in [4.78, 5) is 0. The molecule has 1 atom stereocenters. The number of ether oxygens (including phenoxy) is 1. The molecule has 8 heteroatoms. The van der Waals surface area contributed by atoms with Crippen LogP contribution < -0.4 is 4.74 Å². The van der Waals surface area contributed by atoms with Gasteiger partial charge in [-0.25, -0.2) is 8.78 Å². The molecule has 1 aromatic rings. The number of hydrogen-bond donors (Lipinski definition) is 0. The molecule has 0 aliphatic carbocycles. The molecule has 1 aromatic carbocycles. The van der Waals surface area contributed by atoms with Gasteiger partial charge < -0.3 is 4.74 Å². The largest absolute Gasteiger partial charge is 0.439 e. The van der Waals surface area contributed by atoms with E-state index in [1.54, 1.807) is 0 Å². The summed E-state index contributed by atoms with van der Waals surface area (Å²) in [5.41, 5.74) is -0.397. The smallest absolute Gasteiger partial charge is 0.430 e. The maximum absolute atomic E-state index is 12.9. The molecule has 0 saturated heterocycles. The van der Waals surface area contributed by atoms with Crippen LogP contribution in [0.3, 0.4) is 0 Å². The van der Waals surface area contributed by atoms with Crippen LogP contribution in [0.4, 0.5) is 30.7 Å². The van der Waals surface area contributed by atoms with Crippen LogP contribution in [0.15, 0.2) is 24.3 Å². The van der Waals surface area contributed by atoms with Gasteiger partial charge in [0.05, 0.1) is 0 Å². The van der Waals surface area contributed by atoms with Gasteiger partial charge in [-0.1, -0.05) is 18.2 Å². The number of hydrogen-bond acceptors (Lipinski definition) is 1. The van der Waals surface area contributed by atoms with Crippen molar-refractivity contribution >= 4 is 0 Å². The number of para-hydroxylation sites is 1. The predicted octanol–water partition coefficient (Wildman–Crippen LogP) is 4.03. The van der Waals surface area contributed by atoms with Crippen LogP contribution in [0.5, 0.6) is 5.75 Å². The molecule has 0 N–H and O–H groups in total. The quantitative estimate of drug-likeness (QED) is 0.754. The summed E-state index contributed by atoms with van der Waals surface area (Å²) < 4.78 is 89.7. The lowest BCUT2D eigenvalue weighted by atomic mass is 10.2. The predicted molar refractivity (Wildman–Crippen MR) is 47.8 cm³/mol. The third-order valence-corrected chi connectivity index (χ3v) is 1.95. The molecule has 0 spiro atoms. The average Bonchev–Trinajstić information content (AvgIpc) is 2.27. The van der Waals surface area contributed by atoms with Crippen LogP contribution in [0, 0.1) is 0 Å². The van der Waals surface area contributed by atoms with Crippen LogP contribution in [0.1, 0.15) is 5.56 Å². The van der Waals surface area contributed by atoms with E-state index in [1.807, 2.05) is 0 Å². The van der Waals surface area contributed by atoms with Gasteiger partial charge in [0.15, 0.2) is 0 Å². The van der Waals surface area contributed by atoms with Crippen molar-refractivity contribution in [3.8, 4) is 5.75 Å². The summed E-state index contributed by atoms with van der Waals surface area (Å²) in [5.74, 6) is -0.836. The maximum Gasteiger partial charge on any atom is 0.439 e. The second-order valence-electron chi connectivity index (χ2n) is 3.31. The zero-order valence-corrected chi connectivity index (χ0v) is 8.65. The summed E-state index contributed by atoms with van der Waals surface area (Å²) in [6.07, 6.45) is -15.4. The van der Waals surface area contributed by atoms with Gasteiger partial charge in [0.25, 0.3) is 6.17 Å². The minimum atomic E-state index is -5.77. The van der Waals surface area contributed by atoms with Gasteiger partial charge >= 0.3 is 12.3 Å². The van der Waals surface area contributed by atoms with Crippen molar-refractivity contribution in [1.29, 1.82) is 0 Å². The third kappa shape index (κ3) is 3.27. The Morgan fingerprint density at radius 2 is 1.61 bits per heavy atom. The van der Waals surface area contributed by atoms with E-state index in [0.717, 1.165) is 18.2 Å². The van der Waals surface area contributed by atoms with E-state index in [4.69, 9.17) is 0 Å². The fourth-order valence-electron chi connectivity index (χ4n) is 1.10. The van der Waals surface area contributed by atoms with Crippen LogP contribution in [0.2, 0.25) is 0 Å². The first-order chi connectivity index (χ1) is 8.18. The highest BCUT2D eigenvalue weighted by Gasteiger charge is 2.59. The zero-order valence-electron chi connectivity index (χ0n) is 8.65. The Bertz CT molecular complexity index is 401. The van der Waals surface area contributed by atoms with E-state index in [0.29, 0.717) is 0 Å². The van der Waals surface area contributed by atoms with Crippen molar-refractivity contribution in [3.05, 3.63) is 29.8 Å². The molecule has 0 amide bonds. The summed E-state index contributed by atoms with van der Waals surface area (Å²) in [7, 11) is 0. The van der Waals surface area contributed by atoms with Gasteiger partial charge in [-0.3, -0.25) is 0 Å². The number of halogens is 7.